The standard InChI is InChI=1S/C22H26F2N2O5S/c1-29-12-6-11-25-20(28)17-13-7-3-4-10-16(13)32-21(17)26-19(27)14-8-5-9-15(30-2)18(14)31-22(23)24/h5,8-9,22H,3-4,6-7,10-12H2,1-2H3,(H,25,28)(H,26,27). The molecule has 0 saturated heterocycles. The first kappa shape index (κ1) is 23.9. The number of rotatable bonds is 10. The van der Waals surface area contributed by atoms with Crippen molar-refractivity contribution in [2.75, 3.05) is 32.7 Å². The highest BCUT2D eigenvalue weighted by Gasteiger charge is 2.28. The van der Waals surface area contributed by atoms with Crippen molar-refractivity contribution in [1.82, 2.24) is 5.32 Å². The SMILES string of the molecule is COCCCNC(=O)c1c(NC(=O)c2cccc(OC)c2OC(F)F)sc2c1CCCC2. The van der Waals surface area contributed by atoms with Crippen LogP contribution in [-0.2, 0) is 17.6 Å². The number of amides is 2. The second-order valence-electron chi connectivity index (χ2n) is 7.19. The first-order valence-electron chi connectivity index (χ1n) is 10.3. The van der Waals surface area contributed by atoms with Gasteiger partial charge in [-0.3, -0.25) is 9.59 Å². The Hall–Kier alpha value is -2.72. The van der Waals surface area contributed by atoms with E-state index in [0.717, 1.165) is 36.1 Å². The number of aryl methyl sites for hydroxylation is 1. The number of benzene rings is 1. The van der Waals surface area contributed by atoms with Gasteiger partial charge >= 0.3 is 6.61 Å². The van der Waals surface area contributed by atoms with E-state index in [-0.39, 0.29) is 23.0 Å². The highest BCUT2D eigenvalue weighted by atomic mass is 32.1. The Morgan fingerprint density at radius 3 is 2.66 bits per heavy atom. The van der Waals surface area contributed by atoms with E-state index in [0.29, 0.717) is 30.1 Å². The molecule has 3 rings (SSSR count). The summed E-state index contributed by atoms with van der Waals surface area (Å²) >= 11 is 1.35. The number of para-hydroxylation sites is 1. The van der Waals surface area contributed by atoms with Gasteiger partial charge in [-0.25, -0.2) is 0 Å². The normalized spacial score (nSPS) is 12.9. The molecule has 0 fully saturated rings. The lowest BCUT2D eigenvalue weighted by Gasteiger charge is -2.15. The van der Waals surface area contributed by atoms with E-state index in [9.17, 15) is 18.4 Å². The summed E-state index contributed by atoms with van der Waals surface area (Å²) in [5.74, 6) is -1.27. The number of carbonyl (C=O) groups is 2. The van der Waals surface area contributed by atoms with E-state index >= 15 is 0 Å². The summed E-state index contributed by atoms with van der Waals surface area (Å²) in [6, 6.07) is 4.31. The van der Waals surface area contributed by atoms with Crippen LogP contribution in [0.3, 0.4) is 0 Å². The average molecular weight is 469 g/mol. The zero-order valence-corrected chi connectivity index (χ0v) is 18.8. The quantitative estimate of drug-likeness (QED) is 0.509. The number of methoxy groups -OCH3 is 2. The van der Waals surface area contributed by atoms with Gasteiger partial charge in [0.15, 0.2) is 11.5 Å². The van der Waals surface area contributed by atoms with Gasteiger partial charge in [-0.2, -0.15) is 8.78 Å². The average Bonchev–Trinajstić information content (AvgIpc) is 3.14. The van der Waals surface area contributed by atoms with Gasteiger partial charge in [0.25, 0.3) is 11.8 Å². The topological polar surface area (TPSA) is 85.9 Å². The lowest BCUT2D eigenvalue weighted by Crippen LogP contribution is -2.27. The number of nitrogens with one attached hydrogen (secondary N) is 2. The number of ether oxygens (including phenoxy) is 3. The first-order chi connectivity index (χ1) is 15.5. The predicted octanol–water partition coefficient (Wildman–Crippen LogP) is 4.26. The Bertz CT molecular complexity index is 964. The number of anilines is 1. The zero-order valence-electron chi connectivity index (χ0n) is 18.0. The molecule has 2 amide bonds. The highest BCUT2D eigenvalue weighted by molar-refractivity contribution is 7.17. The molecular formula is C22H26F2N2O5S. The van der Waals surface area contributed by atoms with Crippen molar-refractivity contribution in [3.63, 3.8) is 0 Å². The van der Waals surface area contributed by atoms with Crippen LogP contribution in [0.15, 0.2) is 18.2 Å². The molecule has 10 heteroatoms. The fourth-order valence-corrected chi connectivity index (χ4v) is 4.92. The molecule has 0 spiro atoms. The minimum Gasteiger partial charge on any atom is -0.493 e. The zero-order chi connectivity index (χ0) is 23.1. The molecule has 1 aliphatic carbocycles. The Morgan fingerprint density at radius 1 is 1.16 bits per heavy atom. The Morgan fingerprint density at radius 2 is 1.94 bits per heavy atom. The lowest BCUT2D eigenvalue weighted by molar-refractivity contribution is -0.0515. The fourth-order valence-electron chi connectivity index (χ4n) is 3.64. The summed E-state index contributed by atoms with van der Waals surface area (Å²) in [6.45, 7) is -2.17. The third-order valence-corrected chi connectivity index (χ3v) is 6.29. The molecule has 1 aromatic carbocycles. The summed E-state index contributed by atoms with van der Waals surface area (Å²) < 4.78 is 40.5. The van der Waals surface area contributed by atoms with Crippen LogP contribution < -0.4 is 20.1 Å². The van der Waals surface area contributed by atoms with Crippen LogP contribution in [0.5, 0.6) is 11.5 Å². The molecule has 2 aromatic rings. The Kier molecular flexibility index (Phi) is 8.40. The maximum atomic E-state index is 13.0. The molecule has 1 heterocycles. The molecule has 0 radical (unpaired) electrons. The van der Waals surface area contributed by atoms with Crippen molar-refractivity contribution in [2.45, 2.75) is 38.7 Å². The van der Waals surface area contributed by atoms with Crippen molar-refractivity contribution in [1.29, 1.82) is 0 Å². The van der Waals surface area contributed by atoms with Gasteiger partial charge in [0.2, 0.25) is 0 Å². The highest BCUT2D eigenvalue weighted by Crippen LogP contribution is 2.39. The van der Waals surface area contributed by atoms with Crippen molar-refractivity contribution >= 4 is 28.2 Å². The van der Waals surface area contributed by atoms with E-state index in [2.05, 4.69) is 15.4 Å². The number of alkyl halides is 2. The molecule has 0 bridgehead atoms. The minimum atomic E-state index is -3.12. The van der Waals surface area contributed by atoms with Crippen LogP contribution in [-0.4, -0.2) is 45.8 Å². The van der Waals surface area contributed by atoms with E-state index in [1.165, 1.54) is 36.6 Å². The summed E-state index contributed by atoms with van der Waals surface area (Å²) in [6.07, 6.45) is 4.22. The maximum Gasteiger partial charge on any atom is 0.387 e. The van der Waals surface area contributed by atoms with E-state index in [1.807, 2.05) is 0 Å². The summed E-state index contributed by atoms with van der Waals surface area (Å²) in [7, 11) is 2.89. The van der Waals surface area contributed by atoms with Crippen molar-refractivity contribution in [3.05, 3.63) is 39.8 Å². The molecule has 2 N–H and O–H groups in total. The first-order valence-corrected chi connectivity index (χ1v) is 11.1. The van der Waals surface area contributed by atoms with Crippen LogP contribution in [0.1, 0.15) is 50.4 Å². The summed E-state index contributed by atoms with van der Waals surface area (Å²) in [5.41, 5.74) is 1.27. The van der Waals surface area contributed by atoms with Gasteiger partial charge < -0.3 is 24.8 Å². The smallest absolute Gasteiger partial charge is 0.387 e. The second-order valence-corrected chi connectivity index (χ2v) is 8.29. The molecular weight excluding hydrogens is 442 g/mol. The Balaban J connectivity index is 1.90. The second kappa shape index (κ2) is 11.2. The van der Waals surface area contributed by atoms with E-state index < -0.39 is 12.5 Å². The van der Waals surface area contributed by atoms with Crippen molar-refractivity contribution < 1.29 is 32.6 Å². The molecule has 0 atom stereocenters. The van der Waals surface area contributed by atoms with Crippen molar-refractivity contribution in [2.24, 2.45) is 0 Å². The van der Waals surface area contributed by atoms with Crippen LogP contribution in [0.4, 0.5) is 13.8 Å². The number of hydrogen-bond donors (Lipinski definition) is 2. The van der Waals surface area contributed by atoms with E-state index in [4.69, 9.17) is 9.47 Å². The third kappa shape index (κ3) is 5.55. The summed E-state index contributed by atoms with van der Waals surface area (Å²) in [5, 5.41) is 6.02. The lowest BCUT2D eigenvalue weighted by atomic mass is 9.95. The molecule has 174 valence electrons. The van der Waals surface area contributed by atoms with Gasteiger partial charge in [0.1, 0.15) is 5.00 Å². The van der Waals surface area contributed by atoms with Gasteiger partial charge in [0, 0.05) is 25.1 Å². The third-order valence-electron chi connectivity index (χ3n) is 5.09. The molecule has 0 saturated carbocycles. The van der Waals surface area contributed by atoms with Crippen LogP contribution in [0, 0.1) is 0 Å². The number of halogens is 2. The van der Waals surface area contributed by atoms with Gasteiger partial charge in [-0.15, -0.1) is 11.3 Å². The molecule has 0 aliphatic heterocycles. The number of fused-ring (bicyclic) bond motifs is 1. The molecule has 32 heavy (non-hydrogen) atoms. The van der Waals surface area contributed by atoms with Crippen molar-refractivity contribution in [3.8, 4) is 11.5 Å². The summed E-state index contributed by atoms with van der Waals surface area (Å²) in [4.78, 5) is 27.0. The van der Waals surface area contributed by atoms with Gasteiger partial charge in [0.05, 0.1) is 18.2 Å². The van der Waals surface area contributed by atoms with Gasteiger partial charge in [-0.1, -0.05) is 6.07 Å². The van der Waals surface area contributed by atoms with E-state index in [1.54, 1.807) is 7.11 Å². The minimum absolute atomic E-state index is 0.0135. The fraction of sp³-hybridized carbons (Fsp3) is 0.455. The monoisotopic (exact) mass is 468 g/mol. The molecule has 1 aromatic heterocycles. The molecule has 1 aliphatic rings. The van der Waals surface area contributed by atoms with Crippen LogP contribution in [0.25, 0.3) is 0 Å². The number of hydrogen-bond acceptors (Lipinski definition) is 6. The van der Waals surface area contributed by atoms with Crippen LogP contribution >= 0.6 is 11.3 Å². The molecule has 7 nitrogen and oxygen atoms in total. The predicted molar refractivity (Wildman–Crippen MR) is 117 cm³/mol. The Labute approximate surface area is 189 Å². The number of thiophene rings is 1. The molecule has 0 unspecified atom stereocenters. The number of carbonyl (C=O) groups excluding carboxylic acids is 2. The largest absolute Gasteiger partial charge is 0.493 e. The van der Waals surface area contributed by atoms with Gasteiger partial charge in [-0.05, 0) is 49.8 Å². The van der Waals surface area contributed by atoms with Crippen LogP contribution in [0.2, 0.25) is 0 Å². The maximum absolute atomic E-state index is 13.0.